The third kappa shape index (κ3) is 5.16. The number of nitrogens with zero attached hydrogens (tertiary/aromatic N) is 1. The van der Waals surface area contributed by atoms with Gasteiger partial charge in [0.15, 0.2) is 0 Å². The second-order valence-electron chi connectivity index (χ2n) is 9.49. The molecule has 0 aliphatic carbocycles. The number of rotatable bonds is 7. The standard InChI is InChI=1S/C31H31FN2O3/c1-20-11-13-24(18-28(20)31(35)36-3)34-19-25(37-30-14-12-23(32)17-29(30)34)15-16-33-21(2)26-10-6-8-22-7-4-5-9-27(22)26/h4-14,17-18,21,25,33H,15-16,19H2,1-3H3. The third-order valence-corrected chi connectivity index (χ3v) is 7.04. The highest BCUT2D eigenvalue weighted by Crippen LogP contribution is 2.39. The maximum atomic E-state index is 14.2. The molecule has 0 radical (unpaired) electrons. The minimum Gasteiger partial charge on any atom is -0.486 e. The van der Waals surface area contributed by atoms with Crippen molar-refractivity contribution in [3.63, 3.8) is 0 Å². The number of esters is 1. The molecule has 37 heavy (non-hydrogen) atoms. The van der Waals surface area contributed by atoms with E-state index in [0.29, 0.717) is 23.5 Å². The summed E-state index contributed by atoms with van der Waals surface area (Å²) in [6.07, 6.45) is 0.645. The van der Waals surface area contributed by atoms with Gasteiger partial charge in [-0.2, -0.15) is 0 Å². The fourth-order valence-electron chi connectivity index (χ4n) is 5.02. The van der Waals surface area contributed by atoms with E-state index in [1.165, 1.54) is 35.6 Å². The van der Waals surface area contributed by atoms with Crippen LogP contribution >= 0.6 is 0 Å². The fourth-order valence-corrected chi connectivity index (χ4v) is 5.02. The second-order valence-corrected chi connectivity index (χ2v) is 9.49. The number of carbonyl (C=O) groups is 1. The Kier molecular flexibility index (Phi) is 7.10. The molecule has 2 atom stereocenters. The number of methoxy groups -OCH3 is 1. The van der Waals surface area contributed by atoms with Crippen LogP contribution in [0.2, 0.25) is 0 Å². The Morgan fingerprint density at radius 1 is 1.11 bits per heavy atom. The van der Waals surface area contributed by atoms with E-state index in [1.807, 2.05) is 24.0 Å². The van der Waals surface area contributed by atoms with Crippen molar-refractivity contribution >= 4 is 28.1 Å². The predicted molar refractivity (Wildman–Crippen MR) is 145 cm³/mol. The van der Waals surface area contributed by atoms with Gasteiger partial charge in [-0.1, -0.05) is 48.5 Å². The van der Waals surface area contributed by atoms with Gasteiger partial charge in [0, 0.05) is 17.8 Å². The number of aryl methyl sites for hydroxylation is 1. The number of hydrogen-bond donors (Lipinski definition) is 1. The zero-order valence-electron chi connectivity index (χ0n) is 21.3. The lowest BCUT2D eigenvalue weighted by atomic mass is 9.99. The van der Waals surface area contributed by atoms with E-state index >= 15 is 0 Å². The number of nitrogens with one attached hydrogen (secondary N) is 1. The van der Waals surface area contributed by atoms with Crippen molar-refractivity contribution in [3.8, 4) is 5.75 Å². The summed E-state index contributed by atoms with van der Waals surface area (Å²) in [6, 6.07) is 25.2. The third-order valence-electron chi connectivity index (χ3n) is 7.04. The molecule has 4 aromatic rings. The molecule has 1 heterocycles. The van der Waals surface area contributed by atoms with Crippen LogP contribution < -0.4 is 15.0 Å². The Bertz CT molecular complexity index is 1430. The topological polar surface area (TPSA) is 50.8 Å². The van der Waals surface area contributed by atoms with Crippen molar-refractivity contribution in [3.05, 3.63) is 101 Å². The number of ether oxygens (including phenoxy) is 2. The van der Waals surface area contributed by atoms with Crippen molar-refractivity contribution in [2.45, 2.75) is 32.4 Å². The highest BCUT2D eigenvalue weighted by molar-refractivity contribution is 5.92. The van der Waals surface area contributed by atoms with Crippen LogP contribution in [0.15, 0.2) is 78.9 Å². The predicted octanol–water partition coefficient (Wildman–Crippen LogP) is 6.71. The van der Waals surface area contributed by atoms with Gasteiger partial charge in [-0.25, -0.2) is 9.18 Å². The van der Waals surface area contributed by atoms with E-state index in [0.717, 1.165) is 24.2 Å². The fraction of sp³-hybridized carbons (Fsp3) is 0.258. The molecule has 1 N–H and O–H groups in total. The summed E-state index contributed by atoms with van der Waals surface area (Å²) in [4.78, 5) is 14.3. The molecule has 0 saturated heterocycles. The molecule has 1 aliphatic heterocycles. The van der Waals surface area contributed by atoms with Gasteiger partial charge in [-0.05, 0) is 73.0 Å². The lowest BCUT2D eigenvalue weighted by molar-refractivity contribution is 0.0600. The molecule has 0 fully saturated rings. The maximum absolute atomic E-state index is 14.2. The Morgan fingerprint density at radius 3 is 2.76 bits per heavy atom. The maximum Gasteiger partial charge on any atom is 0.338 e. The van der Waals surface area contributed by atoms with Crippen LogP contribution in [0.4, 0.5) is 15.8 Å². The van der Waals surface area contributed by atoms with Gasteiger partial charge in [0.05, 0.1) is 24.9 Å². The van der Waals surface area contributed by atoms with E-state index in [2.05, 4.69) is 54.7 Å². The number of anilines is 2. The molecule has 0 bridgehead atoms. The van der Waals surface area contributed by atoms with Crippen LogP contribution in [0.3, 0.4) is 0 Å². The van der Waals surface area contributed by atoms with E-state index in [1.54, 1.807) is 12.1 Å². The van der Waals surface area contributed by atoms with Crippen LogP contribution in [-0.2, 0) is 4.74 Å². The van der Waals surface area contributed by atoms with E-state index in [-0.39, 0.29) is 18.0 Å². The zero-order valence-corrected chi connectivity index (χ0v) is 21.3. The molecule has 2 unspecified atom stereocenters. The summed E-state index contributed by atoms with van der Waals surface area (Å²) in [6.45, 7) is 5.33. The molecule has 0 spiro atoms. The van der Waals surface area contributed by atoms with Gasteiger partial charge in [-0.15, -0.1) is 0 Å². The number of carbonyl (C=O) groups excluding carboxylic acids is 1. The minimum absolute atomic E-state index is 0.118. The van der Waals surface area contributed by atoms with Crippen LogP contribution in [-0.4, -0.2) is 32.3 Å². The number of hydrogen-bond acceptors (Lipinski definition) is 5. The van der Waals surface area contributed by atoms with Crippen molar-refractivity contribution in [1.82, 2.24) is 5.32 Å². The molecule has 5 rings (SSSR count). The number of fused-ring (bicyclic) bond motifs is 2. The summed E-state index contributed by atoms with van der Waals surface area (Å²) < 4.78 is 25.4. The summed E-state index contributed by atoms with van der Waals surface area (Å²) in [7, 11) is 1.37. The molecule has 0 aromatic heterocycles. The van der Waals surface area contributed by atoms with Gasteiger partial charge < -0.3 is 19.7 Å². The molecule has 4 aromatic carbocycles. The molecule has 0 amide bonds. The molecule has 0 saturated carbocycles. The Labute approximate surface area is 216 Å². The quantitative estimate of drug-likeness (QED) is 0.287. The normalized spacial score (nSPS) is 15.7. The Hall–Kier alpha value is -3.90. The first-order valence-electron chi connectivity index (χ1n) is 12.6. The van der Waals surface area contributed by atoms with Gasteiger partial charge in [0.25, 0.3) is 0 Å². The molecule has 190 valence electrons. The van der Waals surface area contributed by atoms with Crippen LogP contribution in [0, 0.1) is 12.7 Å². The SMILES string of the molecule is COC(=O)c1cc(N2CC(CCNC(C)c3cccc4ccccc34)Oc3ccc(F)cc32)ccc1C. The van der Waals surface area contributed by atoms with E-state index in [4.69, 9.17) is 9.47 Å². The molecule has 5 nitrogen and oxygen atoms in total. The summed E-state index contributed by atoms with van der Waals surface area (Å²) >= 11 is 0. The largest absolute Gasteiger partial charge is 0.486 e. The average molecular weight is 499 g/mol. The van der Waals surface area contributed by atoms with Crippen molar-refractivity contribution < 1.29 is 18.7 Å². The zero-order chi connectivity index (χ0) is 25.9. The van der Waals surface area contributed by atoms with Gasteiger partial charge in [0.2, 0.25) is 0 Å². The molecular formula is C31H31FN2O3. The first-order valence-corrected chi connectivity index (χ1v) is 12.6. The lowest BCUT2D eigenvalue weighted by Gasteiger charge is -2.37. The Morgan fingerprint density at radius 2 is 1.92 bits per heavy atom. The second kappa shape index (κ2) is 10.6. The summed E-state index contributed by atoms with van der Waals surface area (Å²) in [5, 5.41) is 6.13. The average Bonchev–Trinajstić information content (AvgIpc) is 2.92. The van der Waals surface area contributed by atoms with Crippen molar-refractivity contribution in [2.24, 2.45) is 0 Å². The highest BCUT2D eigenvalue weighted by atomic mass is 19.1. The van der Waals surface area contributed by atoms with Crippen LogP contribution in [0.5, 0.6) is 5.75 Å². The first kappa shape index (κ1) is 24.8. The van der Waals surface area contributed by atoms with E-state index in [9.17, 15) is 9.18 Å². The molecular weight excluding hydrogens is 467 g/mol. The van der Waals surface area contributed by atoms with Crippen molar-refractivity contribution in [2.75, 3.05) is 25.1 Å². The number of halogens is 1. The van der Waals surface area contributed by atoms with Crippen molar-refractivity contribution in [1.29, 1.82) is 0 Å². The summed E-state index contributed by atoms with van der Waals surface area (Å²) in [5.74, 6) is -0.105. The van der Waals surface area contributed by atoms with Gasteiger partial charge in [0.1, 0.15) is 17.7 Å². The minimum atomic E-state index is -0.393. The van der Waals surface area contributed by atoms with E-state index < -0.39 is 5.97 Å². The van der Waals surface area contributed by atoms with Crippen LogP contribution in [0.25, 0.3) is 10.8 Å². The van der Waals surface area contributed by atoms with Crippen LogP contribution in [0.1, 0.15) is 40.9 Å². The van der Waals surface area contributed by atoms with Gasteiger partial charge in [-0.3, -0.25) is 0 Å². The molecule has 1 aliphatic rings. The molecule has 6 heteroatoms. The van der Waals surface area contributed by atoms with Gasteiger partial charge >= 0.3 is 5.97 Å². The first-order chi connectivity index (χ1) is 17.9. The smallest absolute Gasteiger partial charge is 0.338 e. The highest BCUT2D eigenvalue weighted by Gasteiger charge is 2.28. The summed E-state index contributed by atoms with van der Waals surface area (Å²) in [5.41, 5.74) is 4.02. The number of benzene rings is 4. The lowest BCUT2D eigenvalue weighted by Crippen LogP contribution is -2.39. The monoisotopic (exact) mass is 498 g/mol. The Balaban J connectivity index is 1.34.